The molecule has 0 aliphatic rings. The molecule has 1 aromatic carbocycles. The molecule has 2 aromatic heterocycles. The maximum atomic E-state index is 13.4. The molecule has 0 spiro atoms. The summed E-state index contributed by atoms with van der Waals surface area (Å²) in [6, 6.07) is 6.30. The highest BCUT2D eigenvalue weighted by Gasteiger charge is 2.29. The maximum Gasteiger partial charge on any atom is 0.212 e. The van der Waals surface area contributed by atoms with E-state index in [0.717, 1.165) is 29.9 Å². The highest BCUT2D eigenvalue weighted by molar-refractivity contribution is 7.91. The number of hydrogen-bond donors (Lipinski definition) is 0. The topological polar surface area (TPSA) is 67.6 Å². The number of aromatic nitrogens is 3. The van der Waals surface area contributed by atoms with Crippen molar-refractivity contribution in [3.8, 4) is 0 Å². The van der Waals surface area contributed by atoms with Crippen LogP contribution < -0.4 is 0 Å². The van der Waals surface area contributed by atoms with Crippen LogP contribution >= 0.6 is 11.6 Å². The Bertz CT molecular complexity index is 1140. The van der Waals surface area contributed by atoms with Gasteiger partial charge in [-0.05, 0) is 64.5 Å². The molecule has 0 saturated carbocycles. The van der Waals surface area contributed by atoms with Crippen molar-refractivity contribution in [1.82, 2.24) is 19.5 Å². The van der Waals surface area contributed by atoms with Gasteiger partial charge in [0.15, 0.2) is 5.65 Å². The number of aryl methyl sites for hydroxylation is 3. The Labute approximate surface area is 171 Å². The van der Waals surface area contributed by atoms with Crippen molar-refractivity contribution >= 4 is 27.1 Å². The van der Waals surface area contributed by atoms with Crippen LogP contribution in [0.1, 0.15) is 29.6 Å². The summed E-state index contributed by atoms with van der Waals surface area (Å²) in [5, 5.41) is 4.98. The molecule has 0 aliphatic carbocycles. The van der Waals surface area contributed by atoms with E-state index in [-0.39, 0.29) is 9.79 Å². The van der Waals surface area contributed by atoms with Crippen LogP contribution in [-0.2, 0) is 22.7 Å². The Hall–Kier alpha value is -1.96. The Morgan fingerprint density at radius 1 is 1.21 bits per heavy atom. The van der Waals surface area contributed by atoms with Crippen LogP contribution in [-0.4, -0.2) is 48.6 Å². The lowest BCUT2D eigenvalue weighted by Gasteiger charge is -2.14. The summed E-state index contributed by atoms with van der Waals surface area (Å²) in [6.07, 6.45) is 1.31. The van der Waals surface area contributed by atoms with Crippen LogP contribution in [0.3, 0.4) is 0 Å². The van der Waals surface area contributed by atoms with E-state index in [2.05, 4.69) is 15.0 Å². The van der Waals surface area contributed by atoms with E-state index in [4.69, 9.17) is 11.6 Å². The average Bonchev–Trinajstić information content (AvgIpc) is 3.00. The van der Waals surface area contributed by atoms with Crippen molar-refractivity contribution in [3.05, 3.63) is 51.9 Å². The predicted octanol–water partition coefficient (Wildman–Crippen LogP) is 3.50. The summed E-state index contributed by atoms with van der Waals surface area (Å²) in [5.74, 6) is 0. The SMILES string of the molecule is CCc1nn2c(C)c(CCN(C)C)c(C)nc2c1S(=O)(=O)c1cccc(Cl)c1. The average molecular weight is 421 g/mol. The molecule has 6 nitrogen and oxygen atoms in total. The van der Waals surface area contributed by atoms with Gasteiger partial charge in [0.25, 0.3) is 0 Å². The molecule has 0 bridgehead atoms. The van der Waals surface area contributed by atoms with Gasteiger partial charge in [0.2, 0.25) is 9.84 Å². The van der Waals surface area contributed by atoms with Gasteiger partial charge in [0, 0.05) is 23.0 Å². The molecule has 0 fully saturated rings. The summed E-state index contributed by atoms with van der Waals surface area (Å²) in [5.41, 5.74) is 3.74. The summed E-state index contributed by atoms with van der Waals surface area (Å²) in [6.45, 7) is 6.67. The second-order valence-corrected chi connectivity index (χ2v) is 9.46. The standard InChI is InChI=1S/C20H25ClN4O2S/c1-6-18-19(28(26,27)16-9-7-8-15(21)12-16)20-22-13(2)17(10-11-24(4)5)14(3)25(20)23-18/h7-9,12H,6,10-11H2,1-5H3. The molecule has 0 saturated heterocycles. The minimum absolute atomic E-state index is 0.151. The minimum atomic E-state index is -3.80. The third-order valence-corrected chi connectivity index (χ3v) is 6.94. The van der Waals surface area contributed by atoms with E-state index in [1.807, 2.05) is 34.9 Å². The number of nitrogens with zero attached hydrogens (tertiary/aromatic N) is 4. The second-order valence-electron chi connectivity index (χ2n) is 7.14. The first-order valence-electron chi connectivity index (χ1n) is 9.19. The third-order valence-electron chi connectivity index (χ3n) is 4.87. The molecule has 150 valence electrons. The van der Waals surface area contributed by atoms with Crippen molar-refractivity contribution in [1.29, 1.82) is 0 Å². The van der Waals surface area contributed by atoms with Crippen molar-refractivity contribution in [2.24, 2.45) is 0 Å². The molecule has 0 radical (unpaired) electrons. The number of hydrogen-bond acceptors (Lipinski definition) is 5. The Kier molecular flexibility index (Phi) is 5.79. The first-order valence-corrected chi connectivity index (χ1v) is 11.1. The molecule has 3 rings (SSSR count). The molecule has 0 amide bonds. The first-order chi connectivity index (χ1) is 13.2. The Morgan fingerprint density at radius 3 is 2.54 bits per heavy atom. The highest BCUT2D eigenvalue weighted by atomic mass is 35.5. The van der Waals surface area contributed by atoms with Gasteiger partial charge in [-0.15, -0.1) is 0 Å². The van der Waals surface area contributed by atoms with E-state index >= 15 is 0 Å². The first kappa shape index (κ1) is 20.8. The van der Waals surface area contributed by atoms with Crippen molar-refractivity contribution in [3.63, 3.8) is 0 Å². The molecular formula is C20H25ClN4O2S. The second kappa shape index (κ2) is 7.81. The molecule has 0 N–H and O–H groups in total. The van der Waals surface area contributed by atoms with E-state index in [9.17, 15) is 8.42 Å². The molecule has 2 heterocycles. The van der Waals surface area contributed by atoms with Gasteiger partial charge in [-0.3, -0.25) is 0 Å². The van der Waals surface area contributed by atoms with E-state index in [0.29, 0.717) is 22.8 Å². The van der Waals surface area contributed by atoms with Crippen LogP contribution in [0.5, 0.6) is 0 Å². The zero-order valence-corrected chi connectivity index (χ0v) is 18.4. The minimum Gasteiger partial charge on any atom is -0.309 e. The van der Waals surface area contributed by atoms with Crippen molar-refractivity contribution in [2.45, 2.75) is 43.4 Å². The van der Waals surface area contributed by atoms with Crippen LogP contribution in [0.25, 0.3) is 5.65 Å². The van der Waals surface area contributed by atoms with Crippen molar-refractivity contribution in [2.75, 3.05) is 20.6 Å². The number of halogens is 1. The number of rotatable bonds is 6. The normalized spacial score (nSPS) is 12.2. The number of benzene rings is 1. The maximum absolute atomic E-state index is 13.4. The van der Waals surface area contributed by atoms with Gasteiger partial charge in [0.1, 0.15) is 4.90 Å². The molecule has 28 heavy (non-hydrogen) atoms. The lowest BCUT2D eigenvalue weighted by Crippen LogP contribution is -2.17. The van der Waals surface area contributed by atoms with Crippen LogP contribution in [0.15, 0.2) is 34.1 Å². The van der Waals surface area contributed by atoms with Gasteiger partial charge in [-0.2, -0.15) is 5.10 Å². The van der Waals surface area contributed by atoms with E-state index in [1.54, 1.807) is 22.7 Å². The lowest BCUT2D eigenvalue weighted by atomic mass is 10.1. The van der Waals surface area contributed by atoms with Crippen molar-refractivity contribution < 1.29 is 8.42 Å². The molecule has 0 aliphatic heterocycles. The van der Waals surface area contributed by atoms with Crippen LogP contribution in [0, 0.1) is 13.8 Å². The fourth-order valence-electron chi connectivity index (χ4n) is 3.34. The lowest BCUT2D eigenvalue weighted by molar-refractivity contribution is 0.412. The number of likely N-dealkylation sites (N-methyl/N-ethyl adjacent to an activating group) is 1. The summed E-state index contributed by atoms with van der Waals surface area (Å²) in [7, 11) is 0.248. The van der Waals surface area contributed by atoms with E-state index in [1.165, 1.54) is 6.07 Å². The number of fused-ring (bicyclic) bond motifs is 1. The fraction of sp³-hybridized carbons (Fsp3) is 0.400. The summed E-state index contributed by atoms with van der Waals surface area (Å²) in [4.78, 5) is 7.10. The molecule has 0 unspecified atom stereocenters. The van der Waals surface area contributed by atoms with Gasteiger partial charge >= 0.3 is 0 Å². The monoisotopic (exact) mass is 420 g/mol. The van der Waals surface area contributed by atoms with E-state index < -0.39 is 9.84 Å². The molecule has 8 heteroatoms. The van der Waals surface area contributed by atoms with Crippen LogP contribution in [0.4, 0.5) is 0 Å². The molecule has 3 aromatic rings. The summed E-state index contributed by atoms with van der Waals surface area (Å²) < 4.78 is 28.5. The largest absolute Gasteiger partial charge is 0.309 e. The highest BCUT2D eigenvalue weighted by Crippen LogP contribution is 2.30. The zero-order valence-electron chi connectivity index (χ0n) is 16.8. The molecule has 0 atom stereocenters. The van der Waals surface area contributed by atoms with Gasteiger partial charge in [0.05, 0.1) is 10.6 Å². The van der Waals surface area contributed by atoms with Gasteiger partial charge in [-0.1, -0.05) is 24.6 Å². The van der Waals surface area contributed by atoms with Gasteiger partial charge in [-0.25, -0.2) is 17.9 Å². The number of sulfone groups is 1. The third kappa shape index (κ3) is 3.66. The quantitative estimate of drug-likeness (QED) is 0.610. The van der Waals surface area contributed by atoms with Gasteiger partial charge < -0.3 is 4.90 Å². The Morgan fingerprint density at radius 2 is 1.93 bits per heavy atom. The molecular weight excluding hydrogens is 396 g/mol. The van der Waals surface area contributed by atoms with Crippen LogP contribution in [0.2, 0.25) is 5.02 Å². The smallest absolute Gasteiger partial charge is 0.212 e. The Balaban J connectivity index is 2.26. The predicted molar refractivity (Wildman–Crippen MR) is 111 cm³/mol. The summed E-state index contributed by atoms with van der Waals surface area (Å²) >= 11 is 6.03. The zero-order chi connectivity index (χ0) is 20.6. The fourth-order valence-corrected chi connectivity index (χ4v) is 5.24.